The molecule has 0 bridgehead atoms. The first-order valence-corrected chi connectivity index (χ1v) is 4.49. The number of aromatic nitrogens is 1. The molecular formula is C8H12N2OS. The number of hydrogen-bond acceptors (Lipinski definition) is 3. The Labute approximate surface area is 75.6 Å². The average Bonchev–Trinajstić information content (AvgIpc) is 2.30. The van der Waals surface area contributed by atoms with Crippen LogP contribution in [0.5, 0.6) is 0 Å². The van der Waals surface area contributed by atoms with Gasteiger partial charge in [-0.1, -0.05) is 20.8 Å². The fraction of sp³-hybridized carbons (Fsp3) is 0.500. The minimum Gasteiger partial charge on any atom is -0.364 e. The van der Waals surface area contributed by atoms with Crippen molar-refractivity contribution in [3.05, 3.63) is 16.1 Å². The molecule has 0 saturated heterocycles. The Morgan fingerprint density at radius 2 is 2.17 bits per heavy atom. The lowest BCUT2D eigenvalue weighted by molar-refractivity contribution is 0.1000. The van der Waals surface area contributed by atoms with Crippen molar-refractivity contribution in [3.63, 3.8) is 0 Å². The van der Waals surface area contributed by atoms with Gasteiger partial charge in [0.2, 0.25) is 0 Å². The zero-order valence-corrected chi connectivity index (χ0v) is 8.23. The van der Waals surface area contributed by atoms with E-state index in [-0.39, 0.29) is 5.41 Å². The summed E-state index contributed by atoms with van der Waals surface area (Å²) in [6.07, 6.45) is 1.71. The first-order valence-electron chi connectivity index (χ1n) is 3.67. The summed E-state index contributed by atoms with van der Waals surface area (Å²) in [6, 6.07) is 0. The molecule has 0 spiro atoms. The summed E-state index contributed by atoms with van der Waals surface area (Å²) >= 11 is 1.36. The van der Waals surface area contributed by atoms with Crippen LogP contribution in [0.15, 0.2) is 6.20 Å². The van der Waals surface area contributed by atoms with Crippen molar-refractivity contribution in [1.82, 2.24) is 4.98 Å². The maximum Gasteiger partial charge on any atom is 0.277 e. The lowest BCUT2D eigenvalue weighted by atomic mass is 9.96. The van der Waals surface area contributed by atoms with Crippen LogP contribution in [0.2, 0.25) is 0 Å². The molecule has 0 aliphatic carbocycles. The van der Waals surface area contributed by atoms with Crippen molar-refractivity contribution in [2.45, 2.75) is 26.2 Å². The van der Waals surface area contributed by atoms with Crippen LogP contribution in [0.25, 0.3) is 0 Å². The number of thiazole rings is 1. The van der Waals surface area contributed by atoms with Crippen molar-refractivity contribution in [2.75, 3.05) is 0 Å². The van der Waals surface area contributed by atoms with Crippen LogP contribution in [0.3, 0.4) is 0 Å². The first-order chi connectivity index (χ1) is 5.41. The second-order valence-electron chi connectivity index (χ2n) is 3.64. The summed E-state index contributed by atoms with van der Waals surface area (Å²) < 4.78 is 0. The Kier molecular flexibility index (Phi) is 2.19. The van der Waals surface area contributed by atoms with E-state index in [1.807, 2.05) is 0 Å². The number of hydrogen-bond donors (Lipinski definition) is 1. The van der Waals surface area contributed by atoms with Crippen LogP contribution in [-0.4, -0.2) is 10.9 Å². The number of amides is 1. The van der Waals surface area contributed by atoms with Gasteiger partial charge in [-0.25, -0.2) is 4.98 Å². The molecule has 3 nitrogen and oxygen atoms in total. The van der Waals surface area contributed by atoms with Gasteiger partial charge in [0.05, 0.1) is 0 Å². The van der Waals surface area contributed by atoms with Gasteiger partial charge in [0.25, 0.3) is 5.91 Å². The lowest BCUT2D eigenvalue weighted by Gasteiger charge is -2.14. The molecular weight excluding hydrogens is 172 g/mol. The van der Waals surface area contributed by atoms with Gasteiger partial charge in [0, 0.05) is 11.1 Å². The van der Waals surface area contributed by atoms with Gasteiger partial charge in [-0.15, -0.1) is 11.3 Å². The van der Waals surface area contributed by atoms with Crippen LogP contribution in [-0.2, 0) is 5.41 Å². The molecule has 1 rings (SSSR count). The van der Waals surface area contributed by atoms with Gasteiger partial charge in [-0.2, -0.15) is 0 Å². The monoisotopic (exact) mass is 184 g/mol. The van der Waals surface area contributed by atoms with Crippen molar-refractivity contribution in [1.29, 1.82) is 0 Å². The van der Waals surface area contributed by atoms with Crippen molar-refractivity contribution < 1.29 is 4.79 Å². The molecule has 0 atom stereocenters. The summed E-state index contributed by atoms with van der Waals surface area (Å²) in [5, 5.41) is 0.389. The quantitative estimate of drug-likeness (QED) is 0.719. The van der Waals surface area contributed by atoms with Gasteiger partial charge in [0.15, 0.2) is 5.01 Å². The third kappa shape index (κ3) is 1.82. The molecule has 1 aromatic rings. The number of carbonyl (C=O) groups is 1. The first kappa shape index (κ1) is 9.19. The number of rotatable bonds is 1. The number of primary amides is 1. The van der Waals surface area contributed by atoms with Crippen molar-refractivity contribution >= 4 is 17.2 Å². The molecule has 0 fully saturated rings. The topological polar surface area (TPSA) is 56.0 Å². The number of nitrogens with two attached hydrogens (primary N) is 1. The van der Waals surface area contributed by atoms with Crippen LogP contribution in [0.4, 0.5) is 0 Å². The summed E-state index contributed by atoms with van der Waals surface area (Å²) in [4.78, 5) is 15.7. The minimum absolute atomic E-state index is 0.0470. The van der Waals surface area contributed by atoms with E-state index in [4.69, 9.17) is 5.73 Å². The third-order valence-corrected chi connectivity index (χ3v) is 2.89. The molecule has 12 heavy (non-hydrogen) atoms. The van der Waals surface area contributed by atoms with Crippen LogP contribution in [0.1, 0.15) is 35.5 Å². The largest absolute Gasteiger partial charge is 0.364 e. The number of nitrogens with zero attached hydrogens (tertiary/aromatic N) is 1. The molecule has 0 aromatic carbocycles. The van der Waals surface area contributed by atoms with E-state index < -0.39 is 5.91 Å². The van der Waals surface area contributed by atoms with Gasteiger partial charge < -0.3 is 5.73 Å². The Morgan fingerprint density at radius 1 is 1.58 bits per heavy atom. The summed E-state index contributed by atoms with van der Waals surface area (Å²) in [6.45, 7) is 6.22. The van der Waals surface area contributed by atoms with E-state index in [1.54, 1.807) is 6.20 Å². The molecule has 0 radical (unpaired) electrons. The van der Waals surface area contributed by atoms with E-state index in [1.165, 1.54) is 11.3 Å². The summed E-state index contributed by atoms with van der Waals surface area (Å²) in [5.41, 5.74) is 5.13. The molecule has 0 unspecified atom stereocenters. The Hall–Kier alpha value is -0.900. The number of carbonyl (C=O) groups excluding carboxylic acids is 1. The van der Waals surface area contributed by atoms with E-state index in [0.717, 1.165) is 4.88 Å². The highest BCUT2D eigenvalue weighted by atomic mass is 32.1. The zero-order valence-electron chi connectivity index (χ0n) is 7.42. The van der Waals surface area contributed by atoms with Gasteiger partial charge in [-0.05, 0) is 5.41 Å². The second-order valence-corrected chi connectivity index (χ2v) is 4.67. The van der Waals surface area contributed by atoms with Gasteiger partial charge in [0.1, 0.15) is 0 Å². The molecule has 66 valence electrons. The van der Waals surface area contributed by atoms with E-state index in [2.05, 4.69) is 25.8 Å². The van der Waals surface area contributed by atoms with Crippen LogP contribution >= 0.6 is 11.3 Å². The maximum absolute atomic E-state index is 10.7. The third-order valence-electron chi connectivity index (χ3n) is 1.46. The fourth-order valence-corrected chi connectivity index (χ4v) is 1.56. The summed E-state index contributed by atoms with van der Waals surface area (Å²) in [5.74, 6) is -0.449. The normalized spacial score (nSPS) is 11.6. The Morgan fingerprint density at radius 3 is 2.42 bits per heavy atom. The van der Waals surface area contributed by atoms with E-state index >= 15 is 0 Å². The second kappa shape index (κ2) is 2.86. The molecule has 1 amide bonds. The SMILES string of the molecule is CC(C)(C)c1cnc(C(N)=O)s1. The maximum atomic E-state index is 10.7. The smallest absolute Gasteiger partial charge is 0.277 e. The van der Waals surface area contributed by atoms with Crippen molar-refractivity contribution in [3.8, 4) is 0 Å². The molecule has 0 aliphatic rings. The predicted molar refractivity (Wildman–Crippen MR) is 49.3 cm³/mol. The van der Waals surface area contributed by atoms with Crippen LogP contribution in [0, 0.1) is 0 Å². The zero-order chi connectivity index (χ0) is 9.35. The molecule has 0 aliphatic heterocycles. The Balaban J connectivity index is 3.00. The lowest BCUT2D eigenvalue weighted by Crippen LogP contribution is -2.10. The average molecular weight is 184 g/mol. The standard InChI is InChI=1S/C8H12N2OS/c1-8(2,3)5-4-10-7(12-5)6(9)11/h4H,1-3H3,(H2,9,11). The van der Waals surface area contributed by atoms with Gasteiger partial charge in [-0.3, -0.25) is 4.79 Å². The molecule has 1 heterocycles. The van der Waals surface area contributed by atoms with Gasteiger partial charge >= 0.3 is 0 Å². The minimum atomic E-state index is -0.449. The van der Waals surface area contributed by atoms with Crippen molar-refractivity contribution in [2.24, 2.45) is 5.73 Å². The van der Waals surface area contributed by atoms with E-state index in [9.17, 15) is 4.79 Å². The molecule has 2 N–H and O–H groups in total. The molecule has 1 aromatic heterocycles. The predicted octanol–water partition coefficient (Wildman–Crippen LogP) is 1.54. The highest BCUT2D eigenvalue weighted by Crippen LogP contribution is 2.27. The molecule has 0 saturated carbocycles. The highest BCUT2D eigenvalue weighted by molar-refractivity contribution is 7.13. The Bertz CT molecular complexity index is 298. The highest BCUT2D eigenvalue weighted by Gasteiger charge is 2.18. The fourth-order valence-electron chi connectivity index (χ4n) is 0.735. The van der Waals surface area contributed by atoms with E-state index in [0.29, 0.717) is 5.01 Å². The summed E-state index contributed by atoms with van der Waals surface area (Å²) in [7, 11) is 0. The molecule has 4 heteroatoms. The van der Waals surface area contributed by atoms with Crippen LogP contribution < -0.4 is 5.73 Å².